The van der Waals surface area contributed by atoms with Gasteiger partial charge in [0, 0.05) is 32.2 Å². The Morgan fingerprint density at radius 1 is 1.31 bits per heavy atom. The number of aromatic nitrogens is 3. The molecule has 29 heavy (non-hydrogen) atoms. The molecule has 162 valence electrons. The van der Waals surface area contributed by atoms with Crippen LogP contribution < -0.4 is 5.32 Å². The number of rotatable bonds is 5. The lowest BCUT2D eigenvalue weighted by molar-refractivity contribution is -0.128. The molecular weight excluding hydrogens is 398 g/mol. The lowest BCUT2D eigenvalue weighted by atomic mass is 9.92. The zero-order valence-electron chi connectivity index (χ0n) is 16.8. The van der Waals surface area contributed by atoms with Crippen LogP contribution in [0.15, 0.2) is 0 Å². The van der Waals surface area contributed by atoms with Gasteiger partial charge in [-0.15, -0.1) is 5.10 Å². The van der Waals surface area contributed by atoms with Crippen molar-refractivity contribution in [2.24, 2.45) is 5.92 Å². The Morgan fingerprint density at radius 2 is 2.10 bits per heavy atom. The van der Waals surface area contributed by atoms with Crippen LogP contribution in [0.5, 0.6) is 0 Å². The van der Waals surface area contributed by atoms with Crippen LogP contribution >= 0.6 is 0 Å². The molecule has 4 rings (SSSR count). The molecule has 2 fully saturated rings. The second-order valence-corrected chi connectivity index (χ2v) is 10.3. The minimum atomic E-state index is -3.25. The number of hydrogen-bond donors (Lipinski definition) is 1. The van der Waals surface area contributed by atoms with Gasteiger partial charge in [-0.3, -0.25) is 4.79 Å². The van der Waals surface area contributed by atoms with Crippen molar-refractivity contribution in [1.29, 1.82) is 0 Å². The summed E-state index contributed by atoms with van der Waals surface area (Å²) in [6.45, 7) is 4.90. The SMILES string of the molecule is CCS(=O)(=O)N1CCCC2(C1)Cn1nnc(CNC(=O)C3CCOCC3)c1CO2. The summed E-state index contributed by atoms with van der Waals surface area (Å²) in [4.78, 5) is 12.3. The van der Waals surface area contributed by atoms with E-state index in [2.05, 4.69) is 15.6 Å². The summed E-state index contributed by atoms with van der Waals surface area (Å²) in [7, 11) is -3.25. The highest BCUT2D eigenvalue weighted by molar-refractivity contribution is 7.89. The molecule has 1 atom stereocenters. The highest BCUT2D eigenvalue weighted by Crippen LogP contribution is 2.33. The molecule has 3 aliphatic rings. The third kappa shape index (κ3) is 4.32. The average Bonchev–Trinajstić information content (AvgIpc) is 3.14. The number of carbonyl (C=O) groups is 1. The second kappa shape index (κ2) is 8.29. The van der Waals surface area contributed by atoms with Crippen molar-refractivity contribution in [3.63, 3.8) is 0 Å². The number of carbonyl (C=O) groups excluding carboxylic acids is 1. The largest absolute Gasteiger partial charge is 0.381 e. The molecule has 0 aromatic carbocycles. The number of ether oxygens (including phenoxy) is 2. The summed E-state index contributed by atoms with van der Waals surface area (Å²) in [5.74, 6) is 0.105. The Labute approximate surface area is 171 Å². The number of sulfonamides is 1. The number of piperidine rings is 1. The molecule has 1 N–H and O–H groups in total. The fraction of sp³-hybridized carbons (Fsp3) is 0.833. The van der Waals surface area contributed by atoms with Crippen molar-refractivity contribution in [2.75, 3.05) is 32.1 Å². The quantitative estimate of drug-likeness (QED) is 0.705. The van der Waals surface area contributed by atoms with Gasteiger partial charge in [-0.05, 0) is 32.6 Å². The first-order valence-electron chi connectivity index (χ1n) is 10.3. The third-order valence-electron chi connectivity index (χ3n) is 6.16. The maximum atomic E-state index is 12.3. The van der Waals surface area contributed by atoms with Crippen molar-refractivity contribution in [3.05, 3.63) is 11.4 Å². The first-order chi connectivity index (χ1) is 13.9. The van der Waals surface area contributed by atoms with E-state index in [0.29, 0.717) is 51.7 Å². The van der Waals surface area contributed by atoms with E-state index in [1.807, 2.05) is 4.68 Å². The van der Waals surface area contributed by atoms with E-state index in [-0.39, 0.29) is 17.6 Å². The first-order valence-corrected chi connectivity index (χ1v) is 11.9. The van der Waals surface area contributed by atoms with Crippen LogP contribution in [0.3, 0.4) is 0 Å². The van der Waals surface area contributed by atoms with E-state index in [1.54, 1.807) is 6.92 Å². The molecule has 0 radical (unpaired) electrons. The van der Waals surface area contributed by atoms with Crippen LogP contribution in [0.2, 0.25) is 0 Å². The average molecular weight is 428 g/mol. The summed E-state index contributed by atoms with van der Waals surface area (Å²) in [5, 5.41) is 11.4. The predicted octanol–water partition coefficient (Wildman–Crippen LogP) is 0.0354. The van der Waals surface area contributed by atoms with Gasteiger partial charge in [0.05, 0.1) is 31.1 Å². The summed E-state index contributed by atoms with van der Waals surface area (Å²) < 4.78 is 39.4. The molecule has 1 amide bonds. The van der Waals surface area contributed by atoms with Crippen molar-refractivity contribution in [1.82, 2.24) is 24.6 Å². The number of amides is 1. The van der Waals surface area contributed by atoms with Crippen LogP contribution in [0.1, 0.15) is 44.0 Å². The highest BCUT2D eigenvalue weighted by atomic mass is 32.2. The van der Waals surface area contributed by atoms with E-state index in [0.717, 1.165) is 31.4 Å². The number of nitrogens with zero attached hydrogens (tertiary/aromatic N) is 4. The Kier molecular flexibility index (Phi) is 5.92. The van der Waals surface area contributed by atoms with Gasteiger partial charge in [0.25, 0.3) is 0 Å². The molecule has 11 heteroatoms. The molecule has 3 aliphatic heterocycles. The Bertz CT molecular complexity index is 851. The van der Waals surface area contributed by atoms with Crippen molar-refractivity contribution in [3.8, 4) is 0 Å². The fourth-order valence-electron chi connectivity index (χ4n) is 4.33. The summed E-state index contributed by atoms with van der Waals surface area (Å²) in [6, 6.07) is 0. The van der Waals surface area contributed by atoms with Crippen molar-refractivity contribution < 1.29 is 22.7 Å². The second-order valence-electron chi connectivity index (χ2n) is 8.05. The summed E-state index contributed by atoms with van der Waals surface area (Å²) in [5.41, 5.74) is 0.983. The smallest absolute Gasteiger partial charge is 0.223 e. The molecule has 4 heterocycles. The van der Waals surface area contributed by atoms with Crippen LogP contribution in [-0.2, 0) is 44.0 Å². The highest BCUT2D eigenvalue weighted by Gasteiger charge is 2.43. The fourth-order valence-corrected chi connectivity index (χ4v) is 5.53. The molecule has 1 spiro atoms. The minimum Gasteiger partial charge on any atom is -0.381 e. The molecule has 0 saturated carbocycles. The molecule has 0 aliphatic carbocycles. The van der Waals surface area contributed by atoms with Gasteiger partial charge in [-0.2, -0.15) is 4.31 Å². The minimum absolute atomic E-state index is 0.0107. The Balaban J connectivity index is 1.40. The Hall–Kier alpha value is -1.56. The lowest BCUT2D eigenvalue weighted by Gasteiger charge is -2.43. The monoisotopic (exact) mass is 427 g/mol. The molecule has 1 unspecified atom stereocenters. The Morgan fingerprint density at radius 3 is 2.86 bits per heavy atom. The van der Waals surface area contributed by atoms with E-state index < -0.39 is 15.6 Å². The third-order valence-corrected chi connectivity index (χ3v) is 7.98. The molecule has 2 saturated heterocycles. The maximum Gasteiger partial charge on any atom is 0.223 e. The van der Waals surface area contributed by atoms with Crippen molar-refractivity contribution in [2.45, 2.75) is 57.9 Å². The van der Waals surface area contributed by atoms with Gasteiger partial charge in [0.2, 0.25) is 15.9 Å². The van der Waals surface area contributed by atoms with Gasteiger partial charge >= 0.3 is 0 Å². The first kappa shape index (κ1) is 20.7. The normalized spacial score (nSPS) is 26.4. The van der Waals surface area contributed by atoms with Gasteiger partial charge < -0.3 is 14.8 Å². The summed E-state index contributed by atoms with van der Waals surface area (Å²) >= 11 is 0. The van der Waals surface area contributed by atoms with E-state index in [9.17, 15) is 13.2 Å². The molecule has 1 aromatic heterocycles. The van der Waals surface area contributed by atoms with Crippen LogP contribution in [0.4, 0.5) is 0 Å². The number of fused-ring (bicyclic) bond motifs is 1. The molecular formula is C18H29N5O5S. The van der Waals surface area contributed by atoms with Crippen LogP contribution in [-0.4, -0.2) is 71.3 Å². The van der Waals surface area contributed by atoms with Gasteiger partial charge in [0.15, 0.2) is 0 Å². The van der Waals surface area contributed by atoms with E-state index in [1.165, 1.54) is 4.31 Å². The maximum absolute atomic E-state index is 12.3. The number of nitrogens with one attached hydrogen (secondary N) is 1. The summed E-state index contributed by atoms with van der Waals surface area (Å²) in [6.07, 6.45) is 3.04. The molecule has 10 nitrogen and oxygen atoms in total. The van der Waals surface area contributed by atoms with Gasteiger partial charge in [-0.25, -0.2) is 13.1 Å². The van der Waals surface area contributed by atoms with E-state index in [4.69, 9.17) is 9.47 Å². The zero-order valence-corrected chi connectivity index (χ0v) is 17.6. The van der Waals surface area contributed by atoms with Gasteiger partial charge in [-0.1, -0.05) is 5.21 Å². The van der Waals surface area contributed by atoms with Crippen LogP contribution in [0.25, 0.3) is 0 Å². The van der Waals surface area contributed by atoms with E-state index >= 15 is 0 Å². The van der Waals surface area contributed by atoms with Crippen LogP contribution in [0, 0.1) is 5.92 Å². The molecule has 0 bridgehead atoms. The topological polar surface area (TPSA) is 116 Å². The van der Waals surface area contributed by atoms with Gasteiger partial charge in [0.1, 0.15) is 11.3 Å². The zero-order chi connectivity index (χ0) is 20.5. The molecule has 1 aromatic rings. The lowest BCUT2D eigenvalue weighted by Crippen LogP contribution is -2.55. The predicted molar refractivity (Wildman–Crippen MR) is 103 cm³/mol. The standard InChI is InChI=1S/C18H29N5O5S/c1-2-29(25,26)22-7-3-6-18(12-22)13-23-16(11-28-18)15(20-21-23)10-19-17(24)14-4-8-27-9-5-14/h14H,2-13H2,1H3,(H,19,24). The number of hydrogen-bond acceptors (Lipinski definition) is 7. The van der Waals surface area contributed by atoms with Crippen molar-refractivity contribution >= 4 is 15.9 Å².